The van der Waals surface area contributed by atoms with Crippen LogP contribution in [-0.2, 0) is 10.0 Å². The molecule has 0 radical (unpaired) electrons. The van der Waals surface area contributed by atoms with E-state index >= 15 is 0 Å². The third-order valence-corrected chi connectivity index (χ3v) is 6.16. The summed E-state index contributed by atoms with van der Waals surface area (Å²) >= 11 is 0. The zero-order valence-electron chi connectivity index (χ0n) is 13.0. The van der Waals surface area contributed by atoms with Crippen LogP contribution in [0.5, 0.6) is 0 Å². The molecule has 5 nitrogen and oxygen atoms in total. The maximum Gasteiger partial charge on any atom is 0.244 e. The molecule has 0 unspecified atom stereocenters. The highest BCUT2D eigenvalue weighted by Crippen LogP contribution is 2.37. The number of nitrogens with zero attached hydrogens (tertiary/aromatic N) is 2. The van der Waals surface area contributed by atoms with Crippen molar-refractivity contribution in [2.45, 2.75) is 44.6 Å². The molecule has 1 saturated heterocycles. The zero-order valence-corrected chi connectivity index (χ0v) is 13.9. The quantitative estimate of drug-likeness (QED) is 0.871. The highest BCUT2D eigenvalue weighted by Gasteiger charge is 2.38. The van der Waals surface area contributed by atoms with Crippen LogP contribution in [-0.4, -0.2) is 24.4 Å². The summed E-state index contributed by atoms with van der Waals surface area (Å²) < 4.78 is 33.0. The standard InChI is InChI=1S/C16H20N2O3S/c1-11-6-7-12(2)16(9-11)22(19,20)18-8-4-5-14(18)15-10-13(3)17-21-15/h6-7,9-10,14H,4-5,8H2,1-3H3/t14-/m0/s1. The van der Waals surface area contributed by atoms with Crippen LogP contribution in [0.2, 0.25) is 0 Å². The number of hydrogen-bond acceptors (Lipinski definition) is 4. The Balaban J connectivity index is 2.02. The molecular formula is C16H20N2O3S. The Hall–Kier alpha value is -1.66. The summed E-state index contributed by atoms with van der Waals surface area (Å²) in [4.78, 5) is 0.385. The van der Waals surface area contributed by atoms with Crippen molar-refractivity contribution in [3.8, 4) is 0 Å². The maximum absolute atomic E-state index is 13.1. The molecule has 2 aromatic rings. The minimum Gasteiger partial charge on any atom is -0.359 e. The lowest BCUT2D eigenvalue weighted by atomic mass is 10.2. The van der Waals surface area contributed by atoms with E-state index in [4.69, 9.17) is 4.52 Å². The van der Waals surface area contributed by atoms with Crippen molar-refractivity contribution >= 4 is 10.0 Å². The summed E-state index contributed by atoms with van der Waals surface area (Å²) in [6.45, 7) is 6.08. The molecule has 6 heteroatoms. The summed E-state index contributed by atoms with van der Waals surface area (Å²) in [5.74, 6) is 0.629. The van der Waals surface area contributed by atoms with Gasteiger partial charge in [0.2, 0.25) is 10.0 Å². The van der Waals surface area contributed by atoms with Crippen molar-refractivity contribution in [3.05, 3.63) is 46.8 Å². The normalized spacial score (nSPS) is 19.7. The first-order valence-corrected chi connectivity index (χ1v) is 8.86. The Morgan fingerprint density at radius 3 is 2.68 bits per heavy atom. The van der Waals surface area contributed by atoms with Gasteiger partial charge in [0.1, 0.15) is 0 Å². The van der Waals surface area contributed by atoms with Gasteiger partial charge in [0.25, 0.3) is 0 Å². The molecule has 0 N–H and O–H groups in total. The van der Waals surface area contributed by atoms with Crippen LogP contribution >= 0.6 is 0 Å². The van der Waals surface area contributed by atoms with Gasteiger partial charge in [-0.3, -0.25) is 0 Å². The molecule has 0 bridgehead atoms. The highest BCUT2D eigenvalue weighted by molar-refractivity contribution is 7.89. The minimum absolute atomic E-state index is 0.258. The SMILES string of the molecule is Cc1ccc(C)c(S(=O)(=O)N2CCC[C@H]2c2cc(C)no2)c1. The molecule has 0 saturated carbocycles. The van der Waals surface area contributed by atoms with E-state index in [9.17, 15) is 8.42 Å². The monoisotopic (exact) mass is 320 g/mol. The molecular weight excluding hydrogens is 300 g/mol. The van der Waals surface area contributed by atoms with Crippen molar-refractivity contribution < 1.29 is 12.9 Å². The topological polar surface area (TPSA) is 63.4 Å². The van der Waals surface area contributed by atoms with Gasteiger partial charge in [0, 0.05) is 12.6 Å². The van der Waals surface area contributed by atoms with Gasteiger partial charge in [-0.25, -0.2) is 8.42 Å². The lowest BCUT2D eigenvalue weighted by Gasteiger charge is -2.23. The van der Waals surface area contributed by atoms with E-state index < -0.39 is 10.0 Å². The predicted octanol–water partition coefficient (Wildman–Crippen LogP) is 3.13. The summed E-state index contributed by atoms with van der Waals surface area (Å²) in [7, 11) is -3.53. The van der Waals surface area contributed by atoms with E-state index in [1.54, 1.807) is 10.4 Å². The van der Waals surface area contributed by atoms with Crippen LogP contribution in [0.15, 0.2) is 33.7 Å². The largest absolute Gasteiger partial charge is 0.359 e. The molecule has 0 aliphatic carbocycles. The van der Waals surface area contributed by atoms with Crippen LogP contribution in [0.3, 0.4) is 0 Å². The molecule has 118 valence electrons. The lowest BCUT2D eigenvalue weighted by molar-refractivity contribution is 0.297. The Morgan fingerprint density at radius 1 is 1.23 bits per heavy atom. The molecule has 1 fully saturated rings. The third kappa shape index (κ3) is 2.57. The fourth-order valence-corrected chi connectivity index (χ4v) is 4.94. The van der Waals surface area contributed by atoms with Crippen molar-refractivity contribution in [3.63, 3.8) is 0 Å². The van der Waals surface area contributed by atoms with Crippen molar-refractivity contribution in [1.29, 1.82) is 0 Å². The van der Waals surface area contributed by atoms with Gasteiger partial charge in [-0.15, -0.1) is 0 Å². The molecule has 1 aromatic heterocycles. The average molecular weight is 320 g/mol. The Labute approximate surface area is 131 Å². The van der Waals surface area contributed by atoms with Gasteiger partial charge in [-0.2, -0.15) is 4.31 Å². The smallest absolute Gasteiger partial charge is 0.244 e. The summed E-state index contributed by atoms with van der Waals surface area (Å²) in [6, 6.07) is 7.08. The maximum atomic E-state index is 13.1. The summed E-state index contributed by atoms with van der Waals surface area (Å²) in [6.07, 6.45) is 1.59. The first-order chi connectivity index (χ1) is 10.4. The molecule has 1 atom stereocenters. The molecule has 1 aliphatic rings. The molecule has 22 heavy (non-hydrogen) atoms. The van der Waals surface area contributed by atoms with Gasteiger partial charge in [0.15, 0.2) is 5.76 Å². The number of hydrogen-bond donors (Lipinski definition) is 0. The first kappa shape index (κ1) is 15.2. The molecule has 1 aliphatic heterocycles. The Morgan fingerprint density at radius 2 is 2.00 bits per heavy atom. The number of sulfonamides is 1. The second-order valence-electron chi connectivity index (χ2n) is 5.91. The van der Waals surface area contributed by atoms with E-state index in [1.807, 2.05) is 39.0 Å². The molecule has 1 aromatic carbocycles. The van der Waals surface area contributed by atoms with Crippen LogP contribution in [0.1, 0.15) is 41.5 Å². The van der Waals surface area contributed by atoms with E-state index in [2.05, 4.69) is 5.16 Å². The number of aromatic nitrogens is 1. The van der Waals surface area contributed by atoms with E-state index in [0.29, 0.717) is 17.2 Å². The van der Waals surface area contributed by atoms with Gasteiger partial charge < -0.3 is 4.52 Å². The number of aryl methyl sites for hydroxylation is 3. The Kier molecular flexibility index (Phi) is 3.82. The third-order valence-electron chi connectivity index (χ3n) is 4.11. The van der Waals surface area contributed by atoms with Gasteiger partial charge in [-0.05, 0) is 50.8 Å². The Bertz CT molecular complexity index is 795. The van der Waals surface area contributed by atoms with Crippen LogP contribution in [0.25, 0.3) is 0 Å². The van der Waals surface area contributed by atoms with E-state index in [0.717, 1.165) is 29.7 Å². The molecule has 2 heterocycles. The average Bonchev–Trinajstić information content (AvgIpc) is 3.09. The molecule has 0 amide bonds. The first-order valence-electron chi connectivity index (χ1n) is 7.42. The van der Waals surface area contributed by atoms with Crippen LogP contribution < -0.4 is 0 Å². The van der Waals surface area contributed by atoms with Gasteiger partial charge in [0.05, 0.1) is 16.6 Å². The molecule has 3 rings (SSSR count). The predicted molar refractivity (Wildman–Crippen MR) is 83.0 cm³/mol. The fourth-order valence-electron chi connectivity index (χ4n) is 2.96. The molecule has 0 spiro atoms. The van der Waals surface area contributed by atoms with Crippen LogP contribution in [0.4, 0.5) is 0 Å². The minimum atomic E-state index is -3.53. The lowest BCUT2D eigenvalue weighted by Crippen LogP contribution is -2.31. The van der Waals surface area contributed by atoms with Gasteiger partial charge >= 0.3 is 0 Å². The fraction of sp³-hybridized carbons (Fsp3) is 0.438. The van der Waals surface area contributed by atoms with Gasteiger partial charge in [-0.1, -0.05) is 17.3 Å². The van der Waals surface area contributed by atoms with E-state index in [1.165, 1.54) is 0 Å². The number of rotatable bonds is 3. The second-order valence-corrected chi connectivity index (χ2v) is 7.77. The van der Waals surface area contributed by atoms with Crippen molar-refractivity contribution in [1.82, 2.24) is 9.46 Å². The number of benzene rings is 1. The second kappa shape index (κ2) is 5.52. The van der Waals surface area contributed by atoms with Crippen molar-refractivity contribution in [2.24, 2.45) is 0 Å². The van der Waals surface area contributed by atoms with Crippen molar-refractivity contribution in [2.75, 3.05) is 6.54 Å². The summed E-state index contributed by atoms with van der Waals surface area (Å²) in [5.41, 5.74) is 2.48. The zero-order chi connectivity index (χ0) is 15.9. The summed E-state index contributed by atoms with van der Waals surface area (Å²) in [5, 5.41) is 3.89. The van der Waals surface area contributed by atoms with Crippen LogP contribution in [0, 0.1) is 20.8 Å². The van der Waals surface area contributed by atoms with E-state index in [-0.39, 0.29) is 6.04 Å². The highest BCUT2D eigenvalue weighted by atomic mass is 32.2.